The van der Waals surface area contributed by atoms with E-state index in [4.69, 9.17) is 25.8 Å². The monoisotopic (exact) mass is 391 g/mol. The number of benzene rings is 2. The van der Waals surface area contributed by atoms with Crippen LogP contribution in [0.15, 0.2) is 42.5 Å². The van der Waals surface area contributed by atoms with Gasteiger partial charge in [0.1, 0.15) is 5.75 Å². The van der Waals surface area contributed by atoms with E-state index in [-0.39, 0.29) is 11.9 Å². The molecule has 0 fully saturated rings. The molecule has 0 aliphatic rings. The zero-order valence-corrected chi connectivity index (χ0v) is 16.9. The van der Waals surface area contributed by atoms with Gasteiger partial charge < -0.3 is 19.5 Å². The quantitative estimate of drug-likeness (QED) is 0.668. The fourth-order valence-corrected chi connectivity index (χ4v) is 2.88. The van der Waals surface area contributed by atoms with Gasteiger partial charge in [0.15, 0.2) is 17.6 Å². The van der Waals surface area contributed by atoms with Gasteiger partial charge in [-0.15, -0.1) is 0 Å². The number of halogens is 1. The van der Waals surface area contributed by atoms with Crippen molar-refractivity contribution in [3.8, 4) is 17.2 Å². The lowest BCUT2D eigenvalue weighted by molar-refractivity contribution is -0.128. The highest BCUT2D eigenvalue weighted by Crippen LogP contribution is 2.31. The number of hydrogen-bond donors (Lipinski definition) is 1. The number of amides is 1. The van der Waals surface area contributed by atoms with Gasteiger partial charge in [-0.3, -0.25) is 4.79 Å². The van der Waals surface area contributed by atoms with Gasteiger partial charge in [0.25, 0.3) is 5.91 Å². The molecule has 0 radical (unpaired) electrons. The largest absolute Gasteiger partial charge is 0.493 e. The molecule has 146 valence electrons. The normalized spacial score (nSPS) is 12.8. The van der Waals surface area contributed by atoms with Crippen molar-refractivity contribution in [1.29, 1.82) is 0 Å². The summed E-state index contributed by atoms with van der Waals surface area (Å²) in [5.41, 5.74) is 0.949. The summed E-state index contributed by atoms with van der Waals surface area (Å²) in [6.45, 7) is 3.93. The summed E-state index contributed by atoms with van der Waals surface area (Å²) >= 11 is 5.89. The van der Waals surface area contributed by atoms with Crippen molar-refractivity contribution in [3.05, 3.63) is 53.1 Å². The van der Waals surface area contributed by atoms with Crippen LogP contribution in [0, 0.1) is 0 Å². The zero-order chi connectivity index (χ0) is 19.8. The van der Waals surface area contributed by atoms with Crippen molar-refractivity contribution in [3.63, 3.8) is 0 Å². The molecular formula is C21H26ClNO4. The lowest BCUT2D eigenvalue weighted by Crippen LogP contribution is -2.39. The van der Waals surface area contributed by atoms with Gasteiger partial charge in [-0.25, -0.2) is 0 Å². The smallest absolute Gasteiger partial charge is 0.261 e. The lowest BCUT2D eigenvalue weighted by Gasteiger charge is -2.23. The van der Waals surface area contributed by atoms with Crippen molar-refractivity contribution in [2.75, 3.05) is 14.2 Å². The van der Waals surface area contributed by atoms with Gasteiger partial charge in [-0.1, -0.05) is 31.5 Å². The van der Waals surface area contributed by atoms with E-state index in [0.29, 0.717) is 28.7 Å². The first-order valence-corrected chi connectivity index (χ1v) is 9.34. The van der Waals surface area contributed by atoms with Gasteiger partial charge in [-0.05, 0) is 54.8 Å². The van der Waals surface area contributed by atoms with Crippen molar-refractivity contribution in [1.82, 2.24) is 5.32 Å². The minimum Gasteiger partial charge on any atom is -0.493 e. The molecule has 2 rings (SSSR count). The SMILES string of the molecule is CC[C@H](Oc1ccc(Cl)cc1)C(=O)N[C@@H](CC)c1ccc(OC)c(OC)c1. The van der Waals surface area contributed by atoms with E-state index >= 15 is 0 Å². The van der Waals surface area contributed by atoms with Crippen LogP contribution in [0.25, 0.3) is 0 Å². The molecule has 5 nitrogen and oxygen atoms in total. The van der Waals surface area contributed by atoms with Crippen LogP contribution in [0.3, 0.4) is 0 Å². The molecule has 0 aliphatic carbocycles. The molecule has 0 bridgehead atoms. The Morgan fingerprint density at radius 3 is 2.22 bits per heavy atom. The average Bonchev–Trinajstić information content (AvgIpc) is 2.70. The van der Waals surface area contributed by atoms with Crippen LogP contribution in [0.4, 0.5) is 0 Å². The first-order chi connectivity index (χ1) is 13.0. The number of nitrogens with one attached hydrogen (secondary N) is 1. The van der Waals surface area contributed by atoms with Crippen molar-refractivity contribution < 1.29 is 19.0 Å². The van der Waals surface area contributed by atoms with E-state index in [9.17, 15) is 4.79 Å². The third-order valence-corrected chi connectivity index (χ3v) is 4.54. The molecule has 0 aliphatic heterocycles. The fraction of sp³-hybridized carbons (Fsp3) is 0.381. The highest BCUT2D eigenvalue weighted by molar-refractivity contribution is 6.30. The fourth-order valence-electron chi connectivity index (χ4n) is 2.76. The minimum absolute atomic E-state index is 0.153. The number of methoxy groups -OCH3 is 2. The molecule has 2 aromatic carbocycles. The van der Waals surface area contributed by atoms with Crippen molar-refractivity contribution in [2.45, 2.75) is 38.8 Å². The Morgan fingerprint density at radius 1 is 1.00 bits per heavy atom. The average molecular weight is 392 g/mol. The first-order valence-electron chi connectivity index (χ1n) is 8.96. The molecule has 0 aromatic heterocycles. The van der Waals surface area contributed by atoms with E-state index in [2.05, 4.69) is 5.32 Å². The molecule has 2 aromatic rings. The van der Waals surface area contributed by atoms with Crippen molar-refractivity contribution >= 4 is 17.5 Å². The summed E-state index contributed by atoms with van der Waals surface area (Å²) in [6, 6.07) is 12.5. The number of carbonyl (C=O) groups is 1. The Kier molecular flexibility index (Phi) is 7.80. The summed E-state index contributed by atoms with van der Waals surface area (Å²) in [6.07, 6.45) is 0.704. The van der Waals surface area contributed by atoms with Crippen LogP contribution in [0.1, 0.15) is 38.3 Å². The third-order valence-electron chi connectivity index (χ3n) is 4.29. The van der Waals surface area contributed by atoms with Gasteiger partial charge >= 0.3 is 0 Å². The van der Waals surface area contributed by atoms with Crippen LogP contribution < -0.4 is 19.5 Å². The van der Waals surface area contributed by atoms with E-state index in [0.717, 1.165) is 12.0 Å². The van der Waals surface area contributed by atoms with E-state index in [1.54, 1.807) is 38.5 Å². The molecule has 0 spiro atoms. The number of hydrogen-bond acceptors (Lipinski definition) is 4. The molecule has 6 heteroatoms. The zero-order valence-electron chi connectivity index (χ0n) is 16.1. The maximum absolute atomic E-state index is 12.7. The summed E-state index contributed by atoms with van der Waals surface area (Å²) < 4.78 is 16.5. The maximum Gasteiger partial charge on any atom is 0.261 e. The molecule has 0 unspecified atom stereocenters. The summed E-state index contributed by atoms with van der Waals surface area (Å²) in [5.74, 6) is 1.74. The topological polar surface area (TPSA) is 56.8 Å². The van der Waals surface area contributed by atoms with Gasteiger partial charge in [0.05, 0.1) is 20.3 Å². The molecule has 1 N–H and O–H groups in total. The van der Waals surface area contributed by atoms with Crippen LogP contribution in [-0.2, 0) is 4.79 Å². The molecule has 27 heavy (non-hydrogen) atoms. The number of ether oxygens (including phenoxy) is 3. The Bertz CT molecular complexity index is 748. The van der Waals surface area contributed by atoms with Gasteiger partial charge in [-0.2, -0.15) is 0 Å². The summed E-state index contributed by atoms with van der Waals surface area (Å²) in [7, 11) is 3.19. The van der Waals surface area contributed by atoms with Gasteiger partial charge in [0, 0.05) is 5.02 Å². The second-order valence-electron chi connectivity index (χ2n) is 6.05. The third kappa shape index (κ3) is 5.54. The Morgan fingerprint density at radius 2 is 1.67 bits per heavy atom. The van der Waals surface area contributed by atoms with E-state index in [1.165, 1.54) is 0 Å². The molecule has 0 saturated heterocycles. The highest BCUT2D eigenvalue weighted by atomic mass is 35.5. The second kappa shape index (κ2) is 10.1. The molecule has 2 atom stereocenters. The highest BCUT2D eigenvalue weighted by Gasteiger charge is 2.22. The standard InChI is InChI=1S/C21H26ClNO4/c1-5-17(14-7-12-19(25-3)20(13-14)26-4)23-21(24)18(6-2)27-16-10-8-15(22)9-11-16/h7-13,17-18H,5-6H2,1-4H3,(H,23,24)/t17-,18-/m0/s1. The van der Waals surface area contributed by atoms with E-state index in [1.807, 2.05) is 32.0 Å². The van der Waals surface area contributed by atoms with Crippen molar-refractivity contribution in [2.24, 2.45) is 0 Å². The first kappa shape index (κ1) is 20.9. The van der Waals surface area contributed by atoms with Gasteiger partial charge in [0.2, 0.25) is 0 Å². The molecule has 1 amide bonds. The number of carbonyl (C=O) groups excluding carboxylic acids is 1. The van der Waals surface area contributed by atoms with Crippen LogP contribution in [0.5, 0.6) is 17.2 Å². The van der Waals surface area contributed by atoms with Crippen LogP contribution in [0.2, 0.25) is 5.02 Å². The Labute approximate surface area is 165 Å². The Hall–Kier alpha value is -2.40. The molecule has 0 heterocycles. The predicted octanol–water partition coefficient (Wildman–Crippen LogP) is 4.78. The Balaban J connectivity index is 2.11. The minimum atomic E-state index is -0.583. The molecule has 0 saturated carbocycles. The van der Waals surface area contributed by atoms with E-state index < -0.39 is 6.10 Å². The van der Waals surface area contributed by atoms with Crippen LogP contribution >= 0.6 is 11.6 Å². The number of rotatable bonds is 9. The summed E-state index contributed by atoms with van der Waals surface area (Å²) in [5, 5.41) is 3.69. The lowest BCUT2D eigenvalue weighted by atomic mass is 10.0. The molecular weight excluding hydrogens is 366 g/mol. The van der Waals surface area contributed by atoms with Crippen LogP contribution in [-0.4, -0.2) is 26.2 Å². The second-order valence-corrected chi connectivity index (χ2v) is 6.49. The predicted molar refractivity (Wildman–Crippen MR) is 107 cm³/mol. The summed E-state index contributed by atoms with van der Waals surface area (Å²) in [4.78, 5) is 12.7. The maximum atomic E-state index is 12.7.